The highest BCUT2D eigenvalue weighted by molar-refractivity contribution is 6.01. The Hall–Kier alpha value is -2.82. The van der Waals surface area contributed by atoms with Crippen LogP contribution in [0.5, 0.6) is 11.5 Å². The molecule has 4 rings (SSSR count). The van der Waals surface area contributed by atoms with E-state index in [-0.39, 0.29) is 11.7 Å². The summed E-state index contributed by atoms with van der Waals surface area (Å²) in [5, 5.41) is 3.46. The fourth-order valence-electron chi connectivity index (χ4n) is 3.81. The number of carbonyl (C=O) groups excluding carboxylic acids is 1. The van der Waals surface area contributed by atoms with E-state index in [1.807, 2.05) is 24.3 Å². The van der Waals surface area contributed by atoms with E-state index < -0.39 is 0 Å². The molecule has 0 saturated heterocycles. The second-order valence-corrected chi connectivity index (χ2v) is 6.30. The van der Waals surface area contributed by atoms with Gasteiger partial charge in [-0.25, -0.2) is 0 Å². The number of anilines is 1. The number of carbonyl (C=O) groups is 1. The van der Waals surface area contributed by atoms with E-state index in [4.69, 9.17) is 9.47 Å². The smallest absolute Gasteiger partial charge is 0.161 e. The minimum atomic E-state index is -0.150. The van der Waals surface area contributed by atoms with Gasteiger partial charge in [0.05, 0.1) is 14.2 Å². The second-order valence-electron chi connectivity index (χ2n) is 6.30. The molecule has 2 heterocycles. The minimum absolute atomic E-state index is 0.150. The molecule has 0 saturated carbocycles. The number of nitrogens with one attached hydrogen (secondary N) is 1. The van der Waals surface area contributed by atoms with Gasteiger partial charge >= 0.3 is 0 Å². The summed E-state index contributed by atoms with van der Waals surface area (Å²) >= 11 is 0. The average molecular weight is 336 g/mol. The van der Waals surface area contributed by atoms with Crippen molar-refractivity contribution in [3.8, 4) is 11.5 Å². The topological polar surface area (TPSA) is 60.5 Å². The Kier molecular flexibility index (Phi) is 3.92. The number of ether oxygens (including phenoxy) is 2. The zero-order chi connectivity index (χ0) is 17.4. The van der Waals surface area contributed by atoms with Crippen LogP contribution in [0.25, 0.3) is 0 Å². The number of pyridine rings is 1. The van der Waals surface area contributed by atoms with Crippen molar-refractivity contribution in [1.29, 1.82) is 0 Å². The van der Waals surface area contributed by atoms with E-state index in [0.29, 0.717) is 12.2 Å². The van der Waals surface area contributed by atoms with Crippen LogP contribution >= 0.6 is 0 Å². The molecule has 128 valence electrons. The van der Waals surface area contributed by atoms with Crippen LogP contribution in [-0.2, 0) is 4.79 Å². The molecule has 1 unspecified atom stereocenters. The standard InChI is InChI=1S/C20H20N2O3/c1-24-13-10-15-20(17(11-13)25-2)18(12-6-8-21-9-7-12)19-14(22-15)4-3-5-16(19)23/h6-11,18,22H,3-5H2,1-2H3. The molecule has 2 aromatic rings. The maximum Gasteiger partial charge on any atom is 0.161 e. The number of nitrogens with zero attached hydrogens (tertiary/aromatic N) is 1. The van der Waals surface area contributed by atoms with E-state index in [0.717, 1.165) is 46.7 Å². The maximum atomic E-state index is 12.8. The van der Waals surface area contributed by atoms with Crippen molar-refractivity contribution in [2.75, 3.05) is 19.5 Å². The van der Waals surface area contributed by atoms with Crippen molar-refractivity contribution in [2.24, 2.45) is 0 Å². The summed E-state index contributed by atoms with van der Waals surface area (Å²) in [6.45, 7) is 0. The monoisotopic (exact) mass is 336 g/mol. The summed E-state index contributed by atoms with van der Waals surface area (Å²) in [6.07, 6.45) is 5.88. The van der Waals surface area contributed by atoms with Crippen molar-refractivity contribution in [2.45, 2.75) is 25.2 Å². The third-order valence-corrected chi connectivity index (χ3v) is 4.93. The summed E-state index contributed by atoms with van der Waals surface area (Å²) < 4.78 is 11.1. The van der Waals surface area contributed by atoms with Crippen LogP contribution < -0.4 is 14.8 Å². The molecule has 1 N–H and O–H groups in total. The molecule has 1 aliphatic heterocycles. The van der Waals surface area contributed by atoms with Crippen molar-refractivity contribution in [3.63, 3.8) is 0 Å². The number of fused-ring (bicyclic) bond motifs is 1. The maximum absolute atomic E-state index is 12.8. The molecule has 1 aromatic heterocycles. The van der Waals surface area contributed by atoms with E-state index in [1.54, 1.807) is 26.6 Å². The third-order valence-electron chi connectivity index (χ3n) is 4.93. The zero-order valence-corrected chi connectivity index (χ0v) is 14.3. The van der Waals surface area contributed by atoms with E-state index in [2.05, 4.69) is 10.3 Å². The van der Waals surface area contributed by atoms with Crippen LogP contribution in [0, 0.1) is 0 Å². The highest BCUT2D eigenvalue weighted by Gasteiger charge is 2.37. The predicted molar refractivity (Wildman–Crippen MR) is 95.1 cm³/mol. The lowest BCUT2D eigenvalue weighted by Gasteiger charge is -2.35. The molecule has 1 aromatic carbocycles. The Morgan fingerprint density at radius 2 is 1.92 bits per heavy atom. The molecule has 0 amide bonds. The molecule has 5 nitrogen and oxygen atoms in total. The first-order valence-corrected chi connectivity index (χ1v) is 8.42. The predicted octanol–water partition coefficient (Wildman–Crippen LogP) is 3.66. The summed E-state index contributed by atoms with van der Waals surface area (Å²) in [5.74, 6) is 1.50. The van der Waals surface area contributed by atoms with Gasteiger partial charge in [-0.2, -0.15) is 0 Å². The Morgan fingerprint density at radius 3 is 2.64 bits per heavy atom. The lowest BCUT2D eigenvalue weighted by molar-refractivity contribution is -0.116. The van der Waals surface area contributed by atoms with Gasteiger partial charge in [-0.1, -0.05) is 0 Å². The van der Waals surface area contributed by atoms with Gasteiger partial charge in [0, 0.05) is 59.4 Å². The van der Waals surface area contributed by atoms with Crippen LogP contribution in [0.15, 0.2) is 47.9 Å². The van der Waals surface area contributed by atoms with Gasteiger partial charge in [-0.05, 0) is 30.5 Å². The number of hydrogen-bond acceptors (Lipinski definition) is 5. The molecule has 25 heavy (non-hydrogen) atoms. The first-order valence-electron chi connectivity index (χ1n) is 8.42. The number of ketones is 1. The van der Waals surface area contributed by atoms with Crippen molar-refractivity contribution < 1.29 is 14.3 Å². The normalized spacial score (nSPS) is 19.0. The van der Waals surface area contributed by atoms with Crippen LogP contribution in [0.1, 0.15) is 36.3 Å². The first-order chi connectivity index (χ1) is 12.2. The molecule has 0 spiro atoms. The number of hydrogen-bond donors (Lipinski definition) is 1. The van der Waals surface area contributed by atoms with Crippen molar-refractivity contribution in [1.82, 2.24) is 4.98 Å². The van der Waals surface area contributed by atoms with Gasteiger partial charge in [0.2, 0.25) is 0 Å². The zero-order valence-electron chi connectivity index (χ0n) is 14.3. The summed E-state index contributed by atoms with van der Waals surface area (Å²) in [6, 6.07) is 7.77. The Balaban J connectivity index is 1.98. The second kappa shape index (κ2) is 6.24. The molecule has 0 radical (unpaired) electrons. The van der Waals surface area contributed by atoms with Gasteiger partial charge in [0.15, 0.2) is 5.78 Å². The number of Topliss-reactive ketones (excluding diaryl/α,β-unsaturated/α-hetero) is 1. The lowest BCUT2D eigenvalue weighted by Crippen LogP contribution is -2.27. The van der Waals surface area contributed by atoms with Gasteiger partial charge in [-0.3, -0.25) is 9.78 Å². The van der Waals surface area contributed by atoms with Crippen molar-refractivity contribution in [3.05, 3.63) is 59.1 Å². The average Bonchev–Trinajstić information content (AvgIpc) is 2.66. The molecular weight excluding hydrogens is 316 g/mol. The highest BCUT2D eigenvalue weighted by Crippen LogP contribution is 2.50. The first kappa shape index (κ1) is 15.7. The van der Waals surface area contributed by atoms with Crippen molar-refractivity contribution >= 4 is 11.5 Å². The van der Waals surface area contributed by atoms with Gasteiger partial charge < -0.3 is 14.8 Å². The highest BCUT2D eigenvalue weighted by atomic mass is 16.5. The minimum Gasteiger partial charge on any atom is -0.497 e. The number of rotatable bonds is 3. The largest absolute Gasteiger partial charge is 0.497 e. The number of methoxy groups -OCH3 is 2. The van der Waals surface area contributed by atoms with Crippen LogP contribution in [0.3, 0.4) is 0 Å². The Labute approximate surface area is 146 Å². The van der Waals surface area contributed by atoms with Crippen LogP contribution in [-0.4, -0.2) is 25.0 Å². The Morgan fingerprint density at radius 1 is 1.12 bits per heavy atom. The number of benzene rings is 1. The molecule has 2 aliphatic rings. The molecule has 1 aliphatic carbocycles. The van der Waals surface area contributed by atoms with E-state index in [9.17, 15) is 4.79 Å². The SMILES string of the molecule is COc1cc2c(c(OC)c1)C(c1ccncc1)C1=C(CCCC1=O)N2. The van der Waals surface area contributed by atoms with Crippen LogP contribution in [0.4, 0.5) is 5.69 Å². The molecule has 0 bridgehead atoms. The molecule has 5 heteroatoms. The lowest BCUT2D eigenvalue weighted by atomic mass is 9.75. The summed E-state index contributed by atoms with van der Waals surface area (Å²) in [7, 11) is 3.28. The van der Waals surface area contributed by atoms with E-state index >= 15 is 0 Å². The molecular formula is C20H20N2O3. The fraction of sp³-hybridized carbons (Fsp3) is 0.300. The van der Waals surface area contributed by atoms with Crippen LogP contribution in [0.2, 0.25) is 0 Å². The third kappa shape index (κ3) is 2.56. The van der Waals surface area contributed by atoms with Gasteiger partial charge in [-0.15, -0.1) is 0 Å². The molecule has 1 atom stereocenters. The molecule has 0 fully saturated rings. The summed E-state index contributed by atoms with van der Waals surface area (Å²) in [5.41, 5.74) is 4.83. The quantitative estimate of drug-likeness (QED) is 0.927. The van der Waals surface area contributed by atoms with Gasteiger partial charge in [0.1, 0.15) is 11.5 Å². The van der Waals surface area contributed by atoms with Gasteiger partial charge in [0.25, 0.3) is 0 Å². The van der Waals surface area contributed by atoms with E-state index in [1.165, 1.54) is 0 Å². The number of aromatic nitrogens is 1. The summed E-state index contributed by atoms with van der Waals surface area (Å²) in [4.78, 5) is 16.9. The fourth-order valence-corrected chi connectivity index (χ4v) is 3.81. The number of allylic oxidation sites excluding steroid dienone is 2. The Bertz CT molecular complexity index is 859.